The summed E-state index contributed by atoms with van der Waals surface area (Å²) < 4.78 is 0.837. The lowest BCUT2D eigenvalue weighted by Gasteiger charge is -2.32. The van der Waals surface area contributed by atoms with Crippen molar-refractivity contribution in [2.75, 3.05) is 85.1 Å². The van der Waals surface area contributed by atoms with Crippen LogP contribution in [0, 0.1) is 0 Å². The standard InChI is InChI=1S/C43H59BrN8O15/c44-32-10-6-30(7-11-32)24-52(14-2-1-3-33(41(63)64)46-43(67)47-34(42(65)66)12-13-36(54)55)40(62)31-8-4-29(5-9-31)23-45-35(53)25-48-15-17-49(26-37(56)57)19-21-51(28-39(60)61)22-20-50(18-16-48)27-38(58)59/h4-11,33-34H,1-3,12-28H2,(H,45,53)(H,54,55)(H,56,57)(H,58,59)(H,60,61)(H,63,64)(H,65,66)(H2,46,47,67)/p+1/t33-,34-/m1/s1. The quantitative estimate of drug-likeness (QED) is 0.0463. The van der Waals surface area contributed by atoms with Crippen molar-refractivity contribution in [2.45, 2.75) is 57.3 Å². The van der Waals surface area contributed by atoms with Gasteiger partial charge in [-0.15, -0.1) is 0 Å². The van der Waals surface area contributed by atoms with Crippen molar-refractivity contribution >= 4 is 69.6 Å². The Morgan fingerprint density at radius 2 is 1.06 bits per heavy atom. The van der Waals surface area contributed by atoms with Crippen LogP contribution in [0.5, 0.6) is 0 Å². The van der Waals surface area contributed by atoms with Crippen molar-refractivity contribution in [3.63, 3.8) is 0 Å². The number of rotatable bonds is 25. The molecule has 67 heavy (non-hydrogen) atoms. The zero-order chi connectivity index (χ0) is 49.5. The minimum absolute atomic E-state index is 0.0444. The molecule has 2 aromatic rings. The van der Waals surface area contributed by atoms with E-state index in [0.29, 0.717) is 17.5 Å². The normalized spacial score (nSPS) is 15.4. The maximum absolute atomic E-state index is 13.9. The van der Waals surface area contributed by atoms with Crippen LogP contribution < -0.4 is 16.0 Å². The number of unbranched alkanes of at least 4 members (excludes halogenated alkanes) is 1. The molecule has 2 aromatic carbocycles. The van der Waals surface area contributed by atoms with Crippen LogP contribution in [-0.2, 0) is 46.7 Å². The molecule has 1 fully saturated rings. The van der Waals surface area contributed by atoms with Gasteiger partial charge in [0.05, 0.1) is 26.2 Å². The Morgan fingerprint density at radius 3 is 1.51 bits per heavy atom. The van der Waals surface area contributed by atoms with Crippen molar-refractivity contribution in [1.82, 2.24) is 40.4 Å². The fourth-order valence-corrected chi connectivity index (χ4v) is 7.32. The lowest BCUT2D eigenvalue weighted by molar-refractivity contribution is -0.141. The van der Waals surface area contributed by atoms with Crippen LogP contribution in [0.1, 0.15) is 53.6 Å². The van der Waals surface area contributed by atoms with Crippen LogP contribution in [0.25, 0.3) is 0 Å². The number of benzene rings is 2. The second-order valence-electron chi connectivity index (χ2n) is 16.0. The molecule has 368 valence electrons. The lowest BCUT2D eigenvalue weighted by Crippen LogP contribution is -2.51. The van der Waals surface area contributed by atoms with Crippen LogP contribution in [-0.4, -0.2) is 206 Å². The Balaban J connectivity index is 1.64. The average Bonchev–Trinajstić information content (AvgIpc) is 3.25. The van der Waals surface area contributed by atoms with Gasteiger partial charge in [0.25, 0.3) is 5.91 Å². The van der Waals surface area contributed by atoms with E-state index in [1.165, 1.54) is 0 Å². The van der Waals surface area contributed by atoms with E-state index < -0.39 is 60.4 Å². The van der Waals surface area contributed by atoms with Crippen molar-refractivity contribution in [3.05, 3.63) is 69.7 Å². The molecule has 23 nitrogen and oxygen atoms in total. The molecule has 1 heterocycles. The molecule has 1 saturated heterocycles. The Morgan fingerprint density at radius 1 is 0.597 bits per heavy atom. The molecule has 10 N–H and O–H groups in total. The number of carbonyl (C=O) groups excluding carboxylic acids is 4. The molecule has 0 spiro atoms. The first-order valence-corrected chi connectivity index (χ1v) is 22.3. The summed E-state index contributed by atoms with van der Waals surface area (Å²) in [6.07, 6.45) is -0.284. The molecule has 1 aliphatic heterocycles. The number of halogens is 1. The maximum atomic E-state index is 13.9. The predicted molar refractivity (Wildman–Crippen MR) is 242 cm³/mol. The molecule has 3 rings (SSSR count). The summed E-state index contributed by atoms with van der Waals surface area (Å²) in [6, 6.07) is 10.1. The third-order valence-electron chi connectivity index (χ3n) is 10.7. The van der Waals surface area contributed by atoms with Crippen LogP contribution >= 0.6 is 15.9 Å². The first kappa shape index (κ1) is 55.1. The fourth-order valence-electron chi connectivity index (χ4n) is 7.06. The van der Waals surface area contributed by atoms with Gasteiger partial charge >= 0.3 is 41.8 Å². The largest absolute Gasteiger partial charge is 0.563 e. The van der Waals surface area contributed by atoms with Gasteiger partial charge in [0.15, 0.2) is 6.04 Å². The summed E-state index contributed by atoms with van der Waals surface area (Å²) in [5.41, 5.74) is 1.85. The third-order valence-corrected chi connectivity index (χ3v) is 11.2. The molecule has 4 amide bonds. The van der Waals surface area contributed by atoms with Crippen molar-refractivity contribution in [1.29, 1.82) is 0 Å². The van der Waals surface area contributed by atoms with Gasteiger partial charge in [-0.3, -0.25) is 48.4 Å². The van der Waals surface area contributed by atoms with Gasteiger partial charge in [0, 0.05) is 93.2 Å². The highest BCUT2D eigenvalue weighted by molar-refractivity contribution is 9.10. The molecule has 0 saturated carbocycles. The van der Waals surface area contributed by atoms with Gasteiger partial charge in [-0.05, 0) is 61.1 Å². The van der Waals surface area contributed by atoms with Crippen LogP contribution in [0.15, 0.2) is 53.0 Å². The van der Waals surface area contributed by atoms with Crippen LogP contribution in [0.2, 0.25) is 0 Å². The lowest BCUT2D eigenvalue weighted by atomic mass is 10.1. The number of carbonyl (C=O) groups is 9. The summed E-state index contributed by atoms with van der Waals surface area (Å²) in [4.78, 5) is 117. The number of aliphatic carboxylic acids is 5. The molecule has 0 radical (unpaired) electrons. The fraction of sp³-hybridized carbons (Fsp3) is 0.512. The smallest absolute Gasteiger partial charge is 0.538 e. The number of carboxylic acids is 5. The van der Waals surface area contributed by atoms with Crippen molar-refractivity contribution in [2.24, 2.45) is 0 Å². The average molecular weight is 1010 g/mol. The number of amides is 4. The van der Waals surface area contributed by atoms with Crippen LogP contribution in [0.4, 0.5) is 4.79 Å². The Bertz CT molecular complexity index is 1980. The molecule has 0 unspecified atom stereocenters. The van der Waals surface area contributed by atoms with Gasteiger partial charge in [0.2, 0.25) is 5.91 Å². The van der Waals surface area contributed by atoms with E-state index >= 15 is 0 Å². The second-order valence-corrected chi connectivity index (χ2v) is 16.9. The number of hydrogen-bond acceptors (Lipinski definition) is 13. The maximum Gasteiger partial charge on any atom is 0.538 e. The number of urea groups is 1. The van der Waals surface area contributed by atoms with Crippen LogP contribution in [0.3, 0.4) is 0 Å². The van der Waals surface area contributed by atoms with Gasteiger partial charge < -0.3 is 51.5 Å². The monoisotopic (exact) mass is 1010 g/mol. The van der Waals surface area contributed by atoms with E-state index in [0.717, 1.165) is 10.0 Å². The van der Waals surface area contributed by atoms with Crippen molar-refractivity contribution in [3.8, 4) is 0 Å². The summed E-state index contributed by atoms with van der Waals surface area (Å²) in [6.45, 7) is 1.61. The first-order chi connectivity index (χ1) is 31.8. The molecule has 0 aromatic heterocycles. The Labute approximate surface area is 394 Å². The summed E-state index contributed by atoms with van der Waals surface area (Å²) in [7, 11) is 0. The zero-order valence-corrected chi connectivity index (χ0v) is 38.5. The SMILES string of the molecule is O=C(O)CC[C@@H](NC(=O)N[C@H](CCCCN(Cc1ccc(Br)cc1)C(=O)c1ccc(CNC(=O)CN2CCN(CC(=O)O)CCN(CC(=O)O)CCN(CC(=O)O)CC2)cc1)C(=O)O)C(=O)[OH2+]. The number of nitrogens with zero attached hydrogens (tertiary/aromatic N) is 5. The molecule has 1 aliphatic rings. The van der Waals surface area contributed by atoms with Gasteiger partial charge in [0.1, 0.15) is 6.04 Å². The van der Waals surface area contributed by atoms with Crippen molar-refractivity contribution < 1.29 is 73.8 Å². The zero-order valence-electron chi connectivity index (χ0n) is 36.9. The minimum atomic E-state index is -1.44. The molecular weight excluding hydrogens is 948 g/mol. The van der Waals surface area contributed by atoms with Gasteiger partial charge in [-0.25, -0.2) is 9.59 Å². The third kappa shape index (κ3) is 22.2. The first-order valence-electron chi connectivity index (χ1n) is 21.5. The van der Waals surface area contributed by atoms with Gasteiger partial charge in [-0.1, -0.05) is 40.2 Å². The molecule has 0 aliphatic carbocycles. The minimum Gasteiger partial charge on any atom is -0.563 e. The van der Waals surface area contributed by atoms with E-state index in [1.54, 1.807) is 48.8 Å². The highest BCUT2D eigenvalue weighted by Gasteiger charge is 2.29. The number of hydrogen-bond donors (Lipinski definition) is 8. The van der Waals surface area contributed by atoms with E-state index in [2.05, 4.69) is 31.9 Å². The second kappa shape index (κ2) is 28.7. The molecule has 2 atom stereocenters. The number of carboxylic acid groups (broad SMARTS) is 5. The summed E-state index contributed by atoms with van der Waals surface area (Å²) >= 11 is 3.40. The van der Waals surface area contributed by atoms with E-state index in [1.807, 2.05) is 24.3 Å². The summed E-state index contributed by atoms with van der Waals surface area (Å²) in [5.74, 6) is -7.67. The topological polar surface area (TPSA) is 330 Å². The van der Waals surface area contributed by atoms with Gasteiger partial charge in [-0.2, -0.15) is 0 Å². The van der Waals surface area contributed by atoms with E-state index in [9.17, 15) is 63.6 Å². The predicted octanol–water partition coefficient (Wildman–Crippen LogP) is -0.410. The highest BCUT2D eigenvalue weighted by atomic mass is 79.9. The Kier molecular flexibility index (Phi) is 23.6. The summed E-state index contributed by atoms with van der Waals surface area (Å²) in [5, 5.41) is 61.6. The molecule has 24 heteroatoms. The highest BCUT2D eigenvalue weighted by Crippen LogP contribution is 2.17. The number of nitrogens with one attached hydrogen (secondary N) is 3. The molecular formula is C43H60BrN8O15+. The van der Waals surface area contributed by atoms with E-state index in [-0.39, 0.29) is 129 Å². The Hall–Kier alpha value is -6.21. The molecule has 0 bridgehead atoms. The van der Waals surface area contributed by atoms with E-state index in [4.69, 9.17) is 10.2 Å².